The molecule has 1 N–H and O–H groups in total. The molecule has 0 bridgehead atoms. The number of methoxy groups -OCH3 is 3. The zero-order valence-corrected chi connectivity index (χ0v) is 16.8. The number of anilines is 2. The largest absolute Gasteiger partial charge is 0.493 e. The van der Waals surface area contributed by atoms with Gasteiger partial charge in [-0.25, -0.2) is 0 Å². The summed E-state index contributed by atoms with van der Waals surface area (Å²) in [7, 11) is 4.47. The fourth-order valence-electron chi connectivity index (χ4n) is 2.79. The minimum atomic E-state index is -0.279. The molecule has 0 unspecified atom stereocenters. The highest BCUT2D eigenvalue weighted by Crippen LogP contribution is 2.41. The first-order valence-electron chi connectivity index (χ1n) is 8.81. The van der Waals surface area contributed by atoms with Crippen LogP contribution in [0.25, 0.3) is 0 Å². The van der Waals surface area contributed by atoms with E-state index in [2.05, 4.69) is 5.32 Å². The zero-order chi connectivity index (χ0) is 21.4. The van der Waals surface area contributed by atoms with Gasteiger partial charge in [-0.2, -0.15) is 5.26 Å². The number of hydrogen-bond donors (Lipinski definition) is 1. The van der Waals surface area contributed by atoms with Crippen LogP contribution in [0.3, 0.4) is 0 Å². The van der Waals surface area contributed by atoms with Crippen molar-refractivity contribution in [2.75, 3.05) is 38.1 Å². The number of rotatable bonds is 8. The third-order valence-electron chi connectivity index (χ3n) is 4.18. The van der Waals surface area contributed by atoms with Crippen LogP contribution in [0.1, 0.15) is 18.9 Å². The summed E-state index contributed by atoms with van der Waals surface area (Å²) in [5, 5.41) is 11.7. The molecule has 2 rings (SSSR count). The van der Waals surface area contributed by atoms with Crippen molar-refractivity contribution in [3.63, 3.8) is 0 Å². The molecule has 0 saturated carbocycles. The molecule has 0 spiro atoms. The first-order chi connectivity index (χ1) is 13.9. The number of carbonyl (C=O) groups excluding carboxylic acids is 2. The maximum Gasteiger partial charge on any atom is 0.226 e. The van der Waals surface area contributed by atoms with Crippen molar-refractivity contribution in [1.29, 1.82) is 5.26 Å². The molecule has 0 heterocycles. The maximum absolute atomic E-state index is 12.3. The van der Waals surface area contributed by atoms with Crippen LogP contribution < -0.4 is 24.4 Å². The van der Waals surface area contributed by atoms with Gasteiger partial charge in [-0.3, -0.25) is 9.59 Å². The second kappa shape index (κ2) is 9.99. The third kappa shape index (κ3) is 5.39. The van der Waals surface area contributed by atoms with Crippen LogP contribution in [-0.2, 0) is 9.59 Å². The van der Waals surface area contributed by atoms with Crippen molar-refractivity contribution in [1.82, 2.24) is 0 Å². The normalized spacial score (nSPS) is 9.90. The fraction of sp³-hybridized carbons (Fsp3) is 0.286. The number of ether oxygens (including phenoxy) is 3. The van der Waals surface area contributed by atoms with E-state index in [0.717, 1.165) is 0 Å². The van der Waals surface area contributed by atoms with Gasteiger partial charge in [-0.1, -0.05) is 6.07 Å². The Hall–Kier alpha value is -3.73. The van der Waals surface area contributed by atoms with Gasteiger partial charge in [0.05, 0.1) is 38.6 Å². The summed E-state index contributed by atoms with van der Waals surface area (Å²) >= 11 is 0. The molecule has 29 heavy (non-hydrogen) atoms. The summed E-state index contributed by atoms with van der Waals surface area (Å²) in [6.07, 6.45) is 0.0625. The topological polar surface area (TPSA) is 101 Å². The van der Waals surface area contributed by atoms with Gasteiger partial charge in [0.15, 0.2) is 11.5 Å². The summed E-state index contributed by atoms with van der Waals surface area (Å²) in [4.78, 5) is 26.0. The molecule has 0 aliphatic carbocycles. The average Bonchev–Trinajstić information content (AvgIpc) is 2.72. The van der Waals surface area contributed by atoms with E-state index in [1.807, 2.05) is 6.07 Å². The molecule has 8 nitrogen and oxygen atoms in total. The predicted octanol–water partition coefficient (Wildman–Crippen LogP) is 2.97. The van der Waals surface area contributed by atoms with Crippen molar-refractivity contribution in [2.45, 2.75) is 13.3 Å². The Balaban J connectivity index is 2.17. The number of benzene rings is 2. The molecule has 2 aromatic carbocycles. The molecule has 152 valence electrons. The van der Waals surface area contributed by atoms with Gasteiger partial charge in [-0.05, 0) is 18.2 Å². The highest BCUT2D eigenvalue weighted by Gasteiger charge is 2.20. The van der Waals surface area contributed by atoms with E-state index in [-0.39, 0.29) is 24.8 Å². The molecule has 0 radical (unpaired) electrons. The standard InChI is InChI=1S/C21H23N3O5/c1-14(25)24(17-11-18(27-2)21(29-4)19(12-17)28-3)9-8-20(26)23-16-7-5-6-15(10-16)13-22/h5-7,10-12H,8-9H2,1-4H3,(H,23,26). The lowest BCUT2D eigenvalue weighted by Crippen LogP contribution is -2.32. The highest BCUT2D eigenvalue weighted by molar-refractivity contribution is 5.95. The summed E-state index contributed by atoms with van der Waals surface area (Å²) in [6.45, 7) is 1.56. The van der Waals surface area contributed by atoms with Crippen LogP contribution in [0.15, 0.2) is 36.4 Å². The van der Waals surface area contributed by atoms with Gasteiger partial charge in [-0.15, -0.1) is 0 Å². The van der Waals surface area contributed by atoms with E-state index >= 15 is 0 Å². The minimum absolute atomic E-state index is 0.0625. The van der Waals surface area contributed by atoms with Crippen LogP contribution in [0.5, 0.6) is 17.2 Å². The highest BCUT2D eigenvalue weighted by atomic mass is 16.5. The Kier molecular flexibility index (Phi) is 7.43. The monoisotopic (exact) mass is 397 g/mol. The number of carbonyl (C=O) groups is 2. The van der Waals surface area contributed by atoms with Crippen molar-refractivity contribution < 1.29 is 23.8 Å². The quantitative estimate of drug-likeness (QED) is 0.735. The SMILES string of the molecule is COc1cc(N(CCC(=O)Nc2cccc(C#N)c2)C(C)=O)cc(OC)c1OC. The van der Waals surface area contributed by atoms with Crippen LogP contribution >= 0.6 is 0 Å². The van der Waals surface area contributed by atoms with Gasteiger partial charge in [0.2, 0.25) is 17.6 Å². The second-order valence-corrected chi connectivity index (χ2v) is 6.04. The summed E-state index contributed by atoms with van der Waals surface area (Å²) in [6, 6.07) is 11.9. The molecule has 0 saturated heterocycles. The number of nitrogens with one attached hydrogen (secondary N) is 1. The molecule has 0 aliphatic rings. The number of amides is 2. The van der Waals surface area contributed by atoms with Crippen LogP contribution in [-0.4, -0.2) is 39.7 Å². The summed E-state index contributed by atoms with van der Waals surface area (Å²) in [5.41, 5.74) is 1.49. The van der Waals surface area contributed by atoms with Crippen LogP contribution in [0.2, 0.25) is 0 Å². The fourth-order valence-corrected chi connectivity index (χ4v) is 2.79. The van der Waals surface area contributed by atoms with Gasteiger partial charge >= 0.3 is 0 Å². The number of nitriles is 1. The zero-order valence-electron chi connectivity index (χ0n) is 16.8. The van der Waals surface area contributed by atoms with Crippen LogP contribution in [0.4, 0.5) is 11.4 Å². The lowest BCUT2D eigenvalue weighted by molar-refractivity contribution is -0.117. The second-order valence-electron chi connectivity index (χ2n) is 6.04. The van der Waals surface area contributed by atoms with E-state index in [0.29, 0.717) is 34.2 Å². The molecule has 2 amide bonds. The van der Waals surface area contributed by atoms with Crippen molar-refractivity contribution in [3.05, 3.63) is 42.0 Å². The Morgan fingerprint density at radius 3 is 2.24 bits per heavy atom. The minimum Gasteiger partial charge on any atom is -0.493 e. The molecule has 0 aliphatic heterocycles. The molecule has 8 heteroatoms. The molecule has 0 fully saturated rings. The summed E-state index contributed by atoms with van der Waals surface area (Å²) < 4.78 is 16.0. The van der Waals surface area contributed by atoms with Crippen molar-refractivity contribution >= 4 is 23.2 Å². The maximum atomic E-state index is 12.3. The average molecular weight is 397 g/mol. The van der Waals surface area contributed by atoms with Gasteiger partial charge < -0.3 is 24.4 Å². The Bertz CT molecular complexity index is 911. The van der Waals surface area contributed by atoms with Gasteiger partial charge in [0, 0.05) is 37.7 Å². The van der Waals surface area contributed by atoms with Gasteiger partial charge in [0.1, 0.15) is 0 Å². The van der Waals surface area contributed by atoms with E-state index in [4.69, 9.17) is 19.5 Å². The number of nitrogens with zero attached hydrogens (tertiary/aromatic N) is 2. The van der Waals surface area contributed by atoms with Crippen molar-refractivity contribution in [3.8, 4) is 23.3 Å². The van der Waals surface area contributed by atoms with E-state index < -0.39 is 0 Å². The Labute approximate surface area is 169 Å². The smallest absolute Gasteiger partial charge is 0.226 e. The van der Waals surface area contributed by atoms with E-state index in [9.17, 15) is 9.59 Å². The Morgan fingerprint density at radius 1 is 1.07 bits per heavy atom. The number of hydrogen-bond acceptors (Lipinski definition) is 6. The molecular weight excluding hydrogens is 374 g/mol. The predicted molar refractivity (Wildman–Crippen MR) is 109 cm³/mol. The molecular formula is C21H23N3O5. The van der Waals surface area contributed by atoms with E-state index in [1.54, 1.807) is 36.4 Å². The lowest BCUT2D eigenvalue weighted by atomic mass is 10.2. The molecule has 2 aromatic rings. The third-order valence-corrected chi connectivity index (χ3v) is 4.18. The lowest BCUT2D eigenvalue weighted by Gasteiger charge is -2.23. The van der Waals surface area contributed by atoms with Crippen molar-refractivity contribution in [2.24, 2.45) is 0 Å². The Morgan fingerprint density at radius 2 is 1.72 bits per heavy atom. The first kappa shape index (κ1) is 21.6. The first-order valence-corrected chi connectivity index (χ1v) is 8.81. The summed E-state index contributed by atoms with van der Waals surface area (Å²) in [5.74, 6) is 0.714. The molecule has 0 atom stereocenters. The molecule has 0 aromatic heterocycles. The van der Waals surface area contributed by atoms with E-state index in [1.165, 1.54) is 33.2 Å². The van der Waals surface area contributed by atoms with Crippen LogP contribution in [0, 0.1) is 11.3 Å². The van der Waals surface area contributed by atoms with Gasteiger partial charge in [0.25, 0.3) is 0 Å².